The summed E-state index contributed by atoms with van der Waals surface area (Å²) in [6.45, 7) is 2.74. The van der Waals surface area contributed by atoms with E-state index < -0.39 is 0 Å². The van der Waals surface area contributed by atoms with Crippen LogP contribution in [0.25, 0.3) is 0 Å². The largest absolute Gasteiger partial charge is 0.493 e. The first-order chi connectivity index (χ1) is 8.60. The van der Waals surface area contributed by atoms with Crippen molar-refractivity contribution in [1.82, 2.24) is 0 Å². The molecule has 1 aromatic carbocycles. The molecule has 0 radical (unpaired) electrons. The van der Waals surface area contributed by atoms with Gasteiger partial charge >= 0.3 is 0 Å². The molecule has 4 heteroatoms. The lowest BCUT2D eigenvalue weighted by atomic mass is 9.87. The molecular weight excluding hydrogens is 250 g/mol. The molecule has 0 amide bonds. The van der Waals surface area contributed by atoms with Gasteiger partial charge < -0.3 is 15.2 Å². The van der Waals surface area contributed by atoms with Crippen molar-refractivity contribution in [3.05, 3.63) is 22.2 Å². The highest BCUT2D eigenvalue weighted by Gasteiger charge is 2.49. The first kappa shape index (κ1) is 12.1. The maximum absolute atomic E-state index is 6.56. The van der Waals surface area contributed by atoms with E-state index in [9.17, 15) is 0 Å². The minimum atomic E-state index is 0.0436. The number of benzene rings is 1. The Hall–Kier alpha value is -0.930. The van der Waals surface area contributed by atoms with Gasteiger partial charge in [-0.25, -0.2) is 0 Å². The third-order valence-corrected chi connectivity index (χ3v) is 4.72. The van der Waals surface area contributed by atoms with E-state index in [4.69, 9.17) is 26.8 Å². The van der Waals surface area contributed by atoms with Gasteiger partial charge in [-0.05, 0) is 31.4 Å². The second kappa shape index (κ2) is 4.04. The number of methoxy groups -OCH3 is 1. The SMILES string of the molecule is COc1cc(C2(C(C)N)CC2)c(Cl)c2c1OCC2. The summed E-state index contributed by atoms with van der Waals surface area (Å²) in [6.07, 6.45) is 3.06. The van der Waals surface area contributed by atoms with Gasteiger partial charge in [-0.2, -0.15) is 0 Å². The molecule has 1 aliphatic heterocycles. The van der Waals surface area contributed by atoms with Gasteiger partial charge in [0, 0.05) is 23.4 Å². The Morgan fingerprint density at radius 1 is 1.50 bits per heavy atom. The highest BCUT2D eigenvalue weighted by molar-refractivity contribution is 6.32. The van der Waals surface area contributed by atoms with Crippen LogP contribution in [0, 0.1) is 0 Å². The molecule has 0 aromatic heterocycles. The van der Waals surface area contributed by atoms with E-state index in [2.05, 4.69) is 6.92 Å². The summed E-state index contributed by atoms with van der Waals surface area (Å²) in [7, 11) is 1.67. The summed E-state index contributed by atoms with van der Waals surface area (Å²) < 4.78 is 11.0. The first-order valence-corrected chi connectivity index (χ1v) is 6.76. The summed E-state index contributed by atoms with van der Waals surface area (Å²) in [5.74, 6) is 1.60. The Morgan fingerprint density at radius 2 is 2.22 bits per heavy atom. The van der Waals surface area contributed by atoms with Crippen LogP contribution in [0.15, 0.2) is 6.07 Å². The molecule has 3 nitrogen and oxygen atoms in total. The normalized spacial score (nSPS) is 21.1. The molecule has 2 N–H and O–H groups in total. The monoisotopic (exact) mass is 267 g/mol. The van der Waals surface area contributed by atoms with Crippen LogP contribution in [-0.4, -0.2) is 19.8 Å². The average molecular weight is 268 g/mol. The van der Waals surface area contributed by atoms with Crippen molar-refractivity contribution in [2.75, 3.05) is 13.7 Å². The number of nitrogens with two attached hydrogens (primary N) is 1. The molecule has 1 saturated carbocycles. The van der Waals surface area contributed by atoms with Crippen molar-refractivity contribution in [3.63, 3.8) is 0 Å². The van der Waals surface area contributed by atoms with E-state index >= 15 is 0 Å². The van der Waals surface area contributed by atoms with Crippen molar-refractivity contribution < 1.29 is 9.47 Å². The lowest BCUT2D eigenvalue weighted by Crippen LogP contribution is -2.32. The quantitative estimate of drug-likeness (QED) is 0.916. The van der Waals surface area contributed by atoms with Crippen molar-refractivity contribution in [3.8, 4) is 11.5 Å². The van der Waals surface area contributed by atoms with E-state index in [1.807, 2.05) is 6.07 Å². The highest BCUT2D eigenvalue weighted by atomic mass is 35.5. The molecule has 1 unspecified atom stereocenters. The van der Waals surface area contributed by atoms with Crippen LogP contribution < -0.4 is 15.2 Å². The molecule has 0 bridgehead atoms. The molecule has 3 rings (SSSR count). The molecule has 98 valence electrons. The zero-order chi connectivity index (χ0) is 12.9. The molecular formula is C14H18ClNO2. The van der Waals surface area contributed by atoms with Crippen molar-refractivity contribution in [2.24, 2.45) is 5.73 Å². The summed E-state index contributed by atoms with van der Waals surface area (Å²) in [6, 6.07) is 2.13. The first-order valence-electron chi connectivity index (χ1n) is 6.38. The van der Waals surface area contributed by atoms with E-state index in [1.165, 1.54) is 0 Å². The van der Waals surface area contributed by atoms with E-state index in [-0.39, 0.29) is 11.5 Å². The zero-order valence-corrected chi connectivity index (χ0v) is 11.5. The third-order valence-electron chi connectivity index (χ3n) is 4.29. The zero-order valence-electron chi connectivity index (χ0n) is 10.8. The van der Waals surface area contributed by atoms with E-state index in [0.717, 1.165) is 46.9 Å². The molecule has 18 heavy (non-hydrogen) atoms. The number of halogens is 1. The van der Waals surface area contributed by atoms with Crippen LogP contribution in [0.5, 0.6) is 11.5 Å². The predicted octanol–water partition coefficient (Wildman–Crippen LogP) is 2.66. The molecule has 1 aliphatic carbocycles. The molecule has 2 aliphatic rings. The summed E-state index contributed by atoms with van der Waals surface area (Å²) in [4.78, 5) is 0. The summed E-state index contributed by atoms with van der Waals surface area (Å²) in [5.41, 5.74) is 8.40. The Balaban J connectivity index is 2.17. The van der Waals surface area contributed by atoms with Crippen molar-refractivity contribution in [1.29, 1.82) is 0 Å². The van der Waals surface area contributed by atoms with Crippen LogP contribution in [-0.2, 0) is 11.8 Å². The second-order valence-electron chi connectivity index (χ2n) is 5.29. The number of hydrogen-bond donors (Lipinski definition) is 1. The second-order valence-corrected chi connectivity index (χ2v) is 5.67. The maximum Gasteiger partial charge on any atom is 0.165 e. The molecule has 1 fully saturated rings. The van der Waals surface area contributed by atoms with Gasteiger partial charge in [-0.15, -0.1) is 0 Å². The predicted molar refractivity (Wildman–Crippen MR) is 71.8 cm³/mol. The fourth-order valence-corrected chi connectivity index (χ4v) is 3.35. The van der Waals surface area contributed by atoms with Crippen LogP contribution in [0.3, 0.4) is 0 Å². The minimum absolute atomic E-state index is 0.0436. The summed E-state index contributed by atoms with van der Waals surface area (Å²) >= 11 is 6.56. The van der Waals surface area contributed by atoms with Gasteiger partial charge in [0.2, 0.25) is 0 Å². The topological polar surface area (TPSA) is 44.5 Å². The Labute approximate surface area is 112 Å². The number of rotatable bonds is 3. The van der Waals surface area contributed by atoms with Gasteiger partial charge in [-0.3, -0.25) is 0 Å². The molecule has 1 atom stereocenters. The van der Waals surface area contributed by atoms with Crippen LogP contribution >= 0.6 is 11.6 Å². The molecule has 1 heterocycles. The molecule has 1 aromatic rings. The van der Waals surface area contributed by atoms with Gasteiger partial charge in [-0.1, -0.05) is 11.6 Å². The smallest absolute Gasteiger partial charge is 0.165 e. The van der Waals surface area contributed by atoms with Gasteiger partial charge in [0.15, 0.2) is 11.5 Å². The Bertz CT molecular complexity index is 495. The van der Waals surface area contributed by atoms with Crippen molar-refractivity contribution >= 4 is 11.6 Å². The summed E-state index contributed by atoms with van der Waals surface area (Å²) in [5, 5.41) is 0.832. The Morgan fingerprint density at radius 3 is 2.78 bits per heavy atom. The van der Waals surface area contributed by atoms with E-state index in [1.54, 1.807) is 7.11 Å². The van der Waals surface area contributed by atoms with Gasteiger partial charge in [0.25, 0.3) is 0 Å². The Kier molecular flexibility index (Phi) is 2.72. The minimum Gasteiger partial charge on any atom is -0.493 e. The number of ether oxygens (including phenoxy) is 2. The fraction of sp³-hybridized carbons (Fsp3) is 0.571. The van der Waals surface area contributed by atoms with Gasteiger partial charge in [0.1, 0.15) is 0 Å². The van der Waals surface area contributed by atoms with Crippen LogP contribution in [0.2, 0.25) is 5.02 Å². The average Bonchev–Trinajstić information content (AvgIpc) is 3.00. The molecule has 0 saturated heterocycles. The fourth-order valence-electron chi connectivity index (χ4n) is 2.93. The third kappa shape index (κ3) is 1.54. The van der Waals surface area contributed by atoms with Crippen molar-refractivity contribution in [2.45, 2.75) is 37.6 Å². The van der Waals surface area contributed by atoms with Gasteiger partial charge in [0.05, 0.1) is 18.7 Å². The standard InChI is InChI=1S/C14H18ClNO2/c1-8(16)14(4-5-14)10-7-11(17-2)13-9(12(10)15)3-6-18-13/h7-8H,3-6,16H2,1-2H3. The van der Waals surface area contributed by atoms with Crippen LogP contribution in [0.1, 0.15) is 30.9 Å². The lowest BCUT2D eigenvalue weighted by Gasteiger charge is -2.23. The highest BCUT2D eigenvalue weighted by Crippen LogP contribution is 2.56. The lowest BCUT2D eigenvalue weighted by molar-refractivity contribution is 0.325. The number of hydrogen-bond acceptors (Lipinski definition) is 3. The number of fused-ring (bicyclic) bond motifs is 1. The maximum atomic E-state index is 6.56. The van der Waals surface area contributed by atoms with E-state index in [0.29, 0.717) is 6.61 Å². The van der Waals surface area contributed by atoms with Crippen LogP contribution in [0.4, 0.5) is 0 Å². The molecule has 0 spiro atoms.